The minimum atomic E-state index is -2.02. The van der Waals surface area contributed by atoms with Crippen LogP contribution in [0.4, 0.5) is 0 Å². The zero-order valence-corrected chi connectivity index (χ0v) is 17.1. The highest BCUT2D eigenvalue weighted by Crippen LogP contribution is 2.38. The molecule has 0 aliphatic carbocycles. The van der Waals surface area contributed by atoms with Crippen LogP contribution in [0, 0.1) is 12.3 Å². The summed E-state index contributed by atoms with van der Waals surface area (Å²) in [6, 6.07) is 9.97. The van der Waals surface area contributed by atoms with E-state index in [1.54, 1.807) is 0 Å². The van der Waals surface area contributed by atoms with E-state index in [-0.39, 0.29) is 17.7 Å². The number of hydrogen-bond acceptors (Lipinski definition) is 3. The Balaban J connectivity index is 2.88. The van der Waals surface area contributed by atoms with Crippen LogP contribution in [-0.2, 0) is 20.5 Å². The fourth-order valence-electron chi connectivity index (χ4n) is 1.91. The fourth-order valence-corrected chi connectivity index (χ4v) is 3.15. The van der Waals surface area contributed by atoms with Crippen molar-refractivity contribution >= 4 is 8.32 Å². The lowest BCUT2D eigenvalue weighted by molar-refractivity contribution is 0.0337. The van der Waals surface area contributed by atoms with Crippen molar-refractivity contribution in [1.29, 1.82) is 0 Å². The van der Waals surface area contributed by atoms with Crippen molar-refractivity contribution < 1.29 is 13.9 Å². The third kappa shape index (κ3) is 6.94. The fraction of sp³-hybridized carbons (Fsp3) is 0.476. The summed E-state index contributed by atoms with van der Waals surface area (Å²) in [5, 5.41) is 0.0725. The van der Waals surface area contributed by atoms with Gasteiger partial charge in [-0.15, -0.1) is 6.42 Å². The lowest BCUT2D eigenvalue weighted by Gasteiger charge is -2.39. The molecule has 0 N–H and O–H groups in total. The average Bonchev–Trinajstić information content (AvgIpc) is 2.55. The molecule has 0 heterocycles. The predicted octanol–water partition coefficient (Wildman–Crippen LogP) is 4.91. The van der Waals surface area contributed by atoms with Gasteiger partial charge in [0.25, 0.3) is 0 Å². The lowest BCUT2D eigenvalue weighted by Crippen LogP contribution is -2.45. The molecule has 1 atom stereocenters. The van der Waals surface area contributed by atoms with E-state index < -0.39 is 8.32 Å². The second-order valence-corrected chi connectivity index (χ2v) is 12.2. The van der Waals surface area contributed by atoms with E-state index in [0.29, 0.717) is 19.0 Å². The SMILES string of the molecule is C#CCOCC(O[Si](C)(C)C(C)(C)C)C(=C=C)OCc1ccccc1. The molecule has 0 radical (unpaired) electrons. The maximum Gasteiger partial charge on any atom is 0.193 e. The van der Waals surface area contributed by atoms with Crippen molar-refractivity contribution in [3.8, 4) is 12.3 Å². The topological polar surface area (TPSA) is 27.7 Å². The standard InChI is InChI=1S/C21H30O3Si/c1-8-15-22-17-20(24-25(6,7)21(3,4)5)19(9-2)23-16-18-13-11-10-12-14-18/h1,10-14,20H,2,15-17H2,3-7H3. The maximum absolute atomic E-state index is 6.47. The zero-order chi connectivity index (χ0) is 18.9. The molecule has 25 heavy (non-hydrogen) atoms. The minimum absolute atomic E-state index is 0.0725. The highest BCUT2D eigenvalue weighted by molar-refractivity contribution is 6.74. The molecule has 0 bridgehead atoms. The lowest BCUT2D eigenvalue weighted by atomic mass is 10.2. The van der Waals surface area contributed by atoms with Gasteiger partial charge in [0.05, 0.1) is 6.61 Å². The van der Waals surface area contributed by atoms with Gasteiger partial charge in [0.15, 0.2) is 14.1 Å². The van der Waals surface area contributed by atoms with Gasteiger partial charge in [0.2, 0.25) is 0 Å². The molecule has 1 aromatic rings. The van der Waals surface area contributed by atoms with Crippen molar-refractivity contribution in [3.05, 3.63) is 54.0 Å². The summed E-state index contributed by atoms with van der Waals surface area (Å²) in [4.78, 5) is 0. The molecule has 4 heteroatoms. The van der Waals surface area contributed by atoms with Crippen LogP contribution in [-0.4, -0.2) is 27.6 Å². The second kappa shape index (κ2) is 9.65. The zero-order valence-electron chi connectivity index (χ0n) is 16.1. The molecular weight excluding hydrogens is 328 g/mol. The Labute approximate surface area is 153 Å². The Kier molecular flexibility index (Phi) is 8.21. The highest BCUT2D eigenvalue weighted by Gasteiger charge is 2.40. The van der Waals surface area contributed by atoms with E-state index in [1.165, 1.54) is 0 Å². The Morgan fingerprint density at radius 1 is 1.24 bits per heavy atom. The number of ether oxygens (including phenoxy) is 2. The Bertz CT molecular complexity index is 617. The summed E-state index contributed by atoms with van der Waals surface area (Å²) in [5.41, 5.74) is 3.96. The van der Waals surface area contributed by atoms with Gasteiger partial charge in [-0.2, -0.15) is 0 Å². The van der Waals surface area contributed by atoms with Crippen molar-refractivity contribution in [2.75, 3.05) is 13.2 Å². The highest BCUT2D eigenvalue weighted by atomic mass is 28.4. The summed E-state index contributed by atoms with van der Waals surface area (Å²) < 4.78 is 17.9. The van der Waals surface area contributed by atoms with Crippen LogP contribution >= 0.6 is 0 Å². The van der Waals surface area contributed by atoms with Gasteiger partial charge in [-0.25, -0.2) is 0 Å². The van der Waals surface area contributed by atoms with Crippen molar-refractivity contribution in [2.24, 2.45) is 0 Å². The molecule has 0 saturated heterocycles. The van der Waals surface area contributed by atoms with Crippen molar-refractivity contribution in [1.82, 2.24) is 0 Å². The van der Waals surface area contributed by atoms with E-state index in [2.05, 4.69) is 52.1 Å². The van der Waals surface area contributed by atoms with Crippen LogP contribution in [0.25, 0.3) is 0 Å². The minimum Gasteiger partial charge on any atom is -0.482 e. The van der Waals surface area contributed by atoms with E-state index >= 15 is 0 Å². The van der Waals surface area contributed by atoms with Gasteiger partial charge < -0.3 is 13.9 Å². The molecule has 0 fully saturated rings. The predicted molar refractivity (Wildman–Crippen MR) is 106 cm³/mol. The van der Waals surface area contributed by atoms with Crippen LogP contribution in [0.15, 0.2) is 48.4 Å². The van der Waals surface area contributed by atoms with Gasteiger partial charge in [-0.3, -0.25) is 0 Å². The van der Waals surface area contributed by atoms with Gasteiger partial charge in [0.1, 0.15) is 19.3 Å². The summed E-state index contributed by atoms with van der Waals surface area (Å²) in [5.74, 6) is 3.04. The van der Waals surface area contributed by atoms with Crippen LogP contribution < -0.4 is 0 Å². The average molecular weight is 359 g/mol. The monoisotopic (exact) mass is 358 g/mol. The van der Waals surface area contributed by atoms with Gasteiger partial charge in [-0.05, 0) is 23.7 Å². The first-order valence-corrected chi connectivity index (χ1v) is 11.4. The van der Waals surface area contributed by atoms with E-state index in [1.807, 2.05) is 30.3 Å². The normalized spacial score (nSPS) is 12.8. The Morgan fingerprint density at radius 3 is 2.40 bits per heavy atom. The van der Waals surface area contributed by atoms with Crippen LogP contribution in [0.5, 0.6) is 0 Å². The second-order valence-electron chi connectivity index (χ2n) is 7.40. The van der Waals surface area contributed by atoms with Gasteiger partial charge in [0, 0.05) is 0 Å². The van der Waals surface area contributed by atoms with E-state index in [4.69, 9.17) is 20.3 Å². The molecule has 1 unspecified atom stereocenters. The molecule has 1 aromatic carbocycles. The molecule has 3 nitrogen and oxygen atoms in total. The molecule has 1 rings (SSSR count). The Morgan fingerprint density at radius 2 is 1.88 bits per heavy atom. The molecule has 0 aromatic heterocycles. The summed E-state index contributed by atoms with van der Waals surface area (Å²) in [6.07, 6.45) is 4.92. The first kappa shape index (κ1) is 21.3. The third-order valence-corrected chi connectivity index (χ3v) is 8.89. The van der Waals surface area contributed by atoms with Gasteiger partial charge in [-0.1, -0.05) is 69.3 Å². The molecule has 0 amide bonds. The largest absolute Gasteiger partial charge is 0.482 e. The molecule has 0 saturated carbocycles. The molecule has 0 spiro atoms. The van der Waals surface area contributed by atoms with E-state index in [9.17, 15) is 0 Å². The van der Waals surface area contributed by atoms with E-state index in [0.717, 1.165) is 5.56 Å². The number of hydrogen-bond donors (Lipinski definition) is 0. The third-order valence-electron chi connectivity index (χ3n) is 4.40. The molecule has 0 aliphatic heterocycles. The first-order valence-electron chi connectivity index (χ1n) is 8.47. The van der Waals surface area contributed by atoms with Crippen molar-refractivity contribution in [2.45, 2.75) is 51.6 Å². The summed E-state index contributed by atoms with van der Waals surface area (Å²) in [6.45, 7) is 15.7. The number of terminal acetylenes is 1. The summed E-state index contributed by atoms with van der Waals surface area (Å²) >= 11 is 0. The molecular formula is C21H30O3Si. The van der Waals surface area contributed by atoms with Crippen LogP contribution in [0.1, 0.15) is 26.3 Å². The smallest absolute Gasteiger partial charge is 0.193 e. The summed E-state index contributed by atoms with van der Waals surface area (Å²) in [7, 11) is -2.02. The number of benzene rings is 1. The van der Waals surface area contributed by atoms with Crippen LogP contribution in [0.2, 0.25) is 18.1 Å². The number of rotatable bonds is 9. The van der Waals surface area contributed by atoms with Crippen molar-refractivity contribution in [3.63, 3.8) is 0 Å². The molecule has 136 valence electrons. The quantitative estimate of drug-likeness (QED) is 0.206. The maximum atomic E-state index is 6.47. The first-order chi connectivity index (χ1) is 11.7. The molecule has 0 aliphatic rings. The van der Waals surface area contributed by atoms with Crippen LogP contribution in [0.3, 0.4) is 0 Å². The van der Waals surface area contributed by atoms with Gasteiger partial charge >= 0.3 is 0 Å². The Hall–Kier alpha value is -1.76.